The molecule has 0 aliphatic heterocycles. The molecule has 74 heavy (non-hydrogen) atoms. The van der Waals surface area contributed by atoms with E-state index in [-0.39, 0.29) is 24.4 Å². The molecule has 9 rings (SSSR count). The van der Waals surface area contributed by atoms with Gasteiger partial charge in [0.1, 0.15) is 5.60 Å². The molecule has 8 N–H and O–H groups in total. The maximum Gasteiger partial charge on any atom is 0.408 e. The number of aromatic carboxylic acids is 1. The average Bonchev–Trinajstić information content (AvgIpc) is 3.43. The second-order valence-electron chi connectivity index (χ2n) is 18.1. The molecule has 14 heteroatoms. The third kappa shape index (κ3) is 16.1. The van der Waals surface area contributed by atoms with Crippen LogP contribution in [-0.4, -0.2) is 69.2 Å². The van der Waals surface area contributed by atoms with Gasteiger partial charge in [0.25, 0.3) is 11.8 Å². The highest BCUT2D eigenvalue weighted by atomic mass is 16.6. The predicted octanol–water partition coefficient (Wildman–Crippen LogP) is 10.6. The lowest BCUT2D eigenvalue weighted by Crippen LogP contribution is -2.40. The van der Waals surface area contributed by atoms with Gasteiger partial charge in [0, 0.05) is 83.6 Å². The summed E-state index contributed by atoms with van der Waals surface area (Å²) in [5.41, 5.74) is 15.7. The van der Waals surface area contributed by atoms with Gasteiger partial charge in [0.2, 0.25) is 0 Å². The topological polar surface area (TPSA) is 225 Å². The van der Waals surface area contributed by atoms with E-state index in [1.54, 1.807) is 82.2 Å². The molecule has 0 saturated heterocycles. The van der Waals surface area contributed by atoms with Gasteiger partial charge >= 0.3 is 12.1 Å². The van der Waals surface area contributed by atoms with Crippen LogP contribution in [0.1, 0.15) is 93.5 Å². The molecule has 0 spiro atoms. The van der Waals surface area contributed by atoms with Crippen molar-refractivity contribution in [3.63, 3.8) is 0 Å². The summed E-state index contributed by atoms with van der Waals surface area (Å²) in [6.45, 7) is 8.90. The number of aromatic nitrogens is 3. The lowest BCUT2D eigenvalue weighted by Gasteiger charge is -2.24. The van der Waals surface area contributed by atoms with Crippen molar-refractivity contribution in [1.29, 1.82) is 0 Å². The number of amides is 3. The number of carboxylic acids is 1. The molecule has 3 aromatic heterocycles. The Hall–Kier alpha value is -8.85. The molecule has 3 amide bonds. The predicted molar refractivity (Wildman–Crippen MR) is 293 cm³/mol. The standard InChI is InChI=1S/C23H25N3O3.C18H17N3O.C10H7NO2.C9H13N/c1-23(2,3)29-22(28)26-20(16-8-5-4-6-9-16)15-25-21(27)19-11-7-10-17-14-24-13-12-18(17)19;19-17(13-5-2-1-3-6-13)12-21-18(22)16-8-4-7-14-11-20-10-9-15(14)16;12-10(13)9-3-1-2-7-6-11-5-4-8(7)9;1-8(7-10)9-5-3-2-4-6-9/h4-14,20H,15H2,1-3H3,(H,25,27)(H,26,28);1-11,17H,12,19H2,(H,21,22);1-6H,(H,12,13);2-6,8H,7,10H2,1H3. The zero-order valence-electron chi connectivity index (χ0n) is 41.9. The number of nitrogens with zero attached hydrogens (tertiary/aromatic N) is 3. The number of ether oxygens (including phenoxy) is 1. The maximum absolute atomic E-state index is 12.8. The van der Waals surface area contributed by atoms with Crippen LogP contribution in [0.2, 0.25) is 0 Å². The summed E-state index contributed by atoms with van der Waals surface area (Å²) >= 11 is 0. The van der Waals surface area contributed by atoms with Gasteiger partial charge in [-0.05, 0) is 102 Å². The quantitative estimate of drug-likeness (QED) is 0.0675. The Morgan fingerprint density at radius 3 is 1.38 bits per heavy atom. The number of carboxylic acid groups (broad SMARTS) is 1. The number of nitrogens with one attached hydrogen (secondary N) is 3. The highest BCUT2D eigenvalue weighted by Crippen LogP contribution is 2.21. The van der Waals surface area contributed by atoms with Crippen molar-refractivity contribution < 1.29 is 29.0 Å². The Balaban J connectivity index is 0.000000173. The molecule has 0 aliphatic carbocycles. The first-order valence-corrected chi connectivity index (χ1v) is 24.1. The number of carbonyl (C=O) groups is 4. The van der Waals surface area contributed by atoms with Gasteiger partial charge in [0.15, 0.2) is 0 Å². The van der Waals surface area contributed by atoms with E-state index in [1.807, 2.05) is 127 Å². The lowest BCUT2D eigenvalue weighted by atomic mass is 10.0. The Bertz CT molecular complexity index is 3230. The first kappa shape index (κ1) is 54.5. The van der Waals surface area contributed by atoms with Crippen molar-refractivity contribution in [1.82, 2.24) is 30.9 Å². The Labute approximate surface area is 431 Å². The Morgan fingerprint density at radius 1 is 0.541 bits per heavy atom. The Kier molecular flexibility index (Phi) is 20.0. The van der Waals surface area contributed by atoms with E-state index in [1.165, 1.54) is 5.56 Å². The third-order valence-corrected chi connectivity index (χ3v) is 11.6. The molecule has 378 valence electrons. The molecule has 3 unspecified atom stereocenters. The van der Waals surface area contributed by atoms with Crippen molar-refractivity contribution in [2.24, 2.45) is 11.5 Å². The minimum Gasteiger partial charge on any atom is -0.478 e. The minimum atomic E-state index is -0.906. The normalized spacial score (nSPS) is 11.9. The highest BCUT2D eigenvalue weighted by Gasteiger charge is 2.22. The number of rotatable bonds is 12. The van der Waals surface area contributed by atoms with Crippen molar-refractivity contribution in [3.8, 4) is 0 Å². The van der Waals surface area contributed by atoms with Crippen LogP contribution < -0.4 is 27.4 Å². The fourth-order valence-electron chi connectivity index (χ4n) is 7.66. The molecule has 0 saturated carbocycles. The molecule has 3 atom stereocenters. The molecule has 0 radical (unpaired) electrons. The minimum absolute atomic E-state index is 0.122. The zero-order valence-corrected chi connectivity index (χ0v) is 41.9. The van der Waals surface area contributed by atoms with E-state index in [2.05, 4.69) is 50.0 Å². The van der Waals surface area contributed by atoms with Gasteiger partial charge in [-0.1, -0.05) is 134 Å². The number of pyridine rings is 3. The first-order valence-electron chi connectivity index (χ1n) is 24.1. The number of hydrogen-bond acceptors (Lipinski definition) is 10. The van der Waals surface area contributed by atoms with Crippen LogP contribution in [0.25, 0.3) is 32.3 Å². The smallest absolute Gasteiger partial charge is 0.408 e. The Morgan fingerprint density at radius 2 is 0.946 bits per heavy atom. The van der Waals surface area contributed by atoms with Crippen molar-refractivity contribution in [3.05, 3.63) is 234 Å². The van der Waals surface area contributed by atoms with Gasteiger partial charge in [-0.2, -0.15) is 0 Å². The highest BCUT2D eigenvalue weighted by molar-refractivity contribution is 6.08. The average molecular weight is 991 g/mol. The van der Waals surface area contributed by atoms with Gasteiger partial charge < -0.3 is 37.3 Å². The number of benzene rings is 6. The number of alkyl carbamates (subject to hydrolysis) is 1. The molecule has 3 heterocycles. The van der Waals surface area contributed by atoms with Crippen LogP contribution in [0.3, 0.4) is 0 Å². The molecule has 9 aromatic rings. The zero-order chi connectivity index (χ0) is 52.9. The summed E-state index contributed by atoms with van der Waals surface area (Å²) in [5.74, 6) is -0.755. The summed E-state index contributed by atoms with van der Waals surface area (Å²) in [4.78, 5) is 60.4. The van der Waals surface area contributed by atoms with Crippen LogP contribution in [0.4, 0.5) is 4.79 Å². The molecular formula is C60H62N8O6. The van der Waals surface area contributed by atoms with Gasteiger partial charge in [0.05, 0.1) is 11.6 Å². The van der Waals surface area contributed by atoms with E-state index < -0.39 is 23.7 Å². The fraction of sp³-hybridized carbons (Fsp3) is 0.183. The van der Waals surface area contributed by atoms with Crippen LogP contribution in [-0.2, 0) is 4.74 Å². The second-order valence-corrected chi connectivity index (χ2v) is 18.1. The number of fused-ring (bicyclic) bond motifs is 3. The lowest BCUT2D eigenvalue weighted by molar-refractivity contribution is 0.0500. The van der Waals surface area contributed by atoms with E-state index in [0.29, 0.717) is 29.2 Å². The number of carbonyl (C=O) groups excluding carboxylic acids is 3. The van der Waals surface area contributed by atoms with Gasteiger partial charge in [-0.3, -0.25) is 24.5 Å². The molecule has 0 fully saturated rings. The van der Waals surface area contributed by atoms with Crippen molar-refractivity contribution >= 4 is 56.2 Å². The van der Waals surface area contributed by atoms with Crippen LogP contribution in [0.5, 0.6) is 0 Å². The second kappa shape index (κ2) is 27.1. The maximum atomic E-state index is 12.8. The number of hydrogen-bond donors (Lipinski definition) is 6. The molecular weight excluding hydrogens is 929 g/mol. The molecule has 14 nitrogen and oxygen atoms in total. The fourth-order valence-corrected chi connectivity index (χ4v) is 7.66. The largest absolute Gasteiger partial charge is 0.478 e. The summed E-state index contributed by atoms with van der Waals surface area (Å²) in [7, 11) is 0. The summed E-state index contributed by atoms with van der Waals surface area (Å²) in [5, 5.41) is 22.7. The molecule has 0 aliphatic rings. The van der Waals surface area contributed by atoms with E-state index in [0.717, 1.165) is 50.0 Å². The van der Waals surface area contributed by atoms with Crippen molar-refractivity contribution in [2.75, 3.05) is 19.6 Å². The summed E-state index contributed by atoms with van der Waals surface area (Å²) < 4.78 is 5.37. The van der Waals surface area contributed by atoms with E-state index >= 15 is 0 Å². The van der Waals surface area contributed by atoms with Crippen LogP contribution in [0, 0.1) is 0 Å². The van der Waals surface area contributed by atoms with Crippen LogP contribution in [0.15, 0.2) is 201 Å². The summed E-state index contributed by atoms with van der Waals surface area (Å²) in [6, 6.07) is 50.5. The van der Waals surface area contributed by atoms with Gasteiger partial charge in [-0.25, -0.2) is 9.59 Å². The van der Waals surface area contributed by atoms with E-state index in [4.69, 9.17) is 21.3 Å². The molecule has 0 bridgehead atoms. The number of nitrogens with two attached hydrogens (primary N) is 2. The van der Waals surface area contributed by atoms with E-state index in [9.17, 15) is 19.2 Å². The molecule has 6 aromatic carbocycles. The van der Waals surface area contributed by atoms with Crippen LogP contribution >= 0.6 is 0 Å². The third-order valence-electron chi connectivity index (χ3n) is 11.6. The van der Waals surface area contributed by atoms with Crippen molar-refractivity contribution in [2.45, 2.75) is 51.3 Å². The van der Waals surface area contributed by atoms with Gasteiger partial charge in [-0.15, -0.1) is 0 Å². The first-order chi connectivity index (χ1) is 35.7. The SMILES string of the molecule is CC(C)(C)OC(=O)NC(CNC(=O)c1cccc2cnccc12)c1ccccc1.CC(CN)c1ccccc1.NC(CNC(=O)c1cccc2cnccc12)c1ccccc1.O=C(O)c1cccc2cnccc12. The summed E-state index contributed by atoms with van der Waals surface area (Å²) in [6.07, 6.45) is 9.54. The monoisotopic (exact) mass is 990 g/mol.